The summed E-state index contributed by atoms with van der Waals surface area (Å²) in [5.74, 6) is 4.32. The van der Waals surface area contributed by atoms with Gasteiger partial charge >= 0.3 is 0 Å². The Bertz CT molecular complexity index is 447. The summed E-state index contributed by atoms with van der Waals surface area (Å²) in [6.45, 7) is 6.22. The molecule has 7 atom stereocenters. The molecule has 4 rings (SSSR count). The van der Waals surface area contributed by atoms with Crippen molar-refractivity contribution in [1.29, 1.82) is 0 Å². The van der Waals surface area contributed by atoms with Crippen molar-refractivity contribution < 1.29 is 9.53 Å². The van der Waals surface area contributed by atoms with Gasteiger partial charge < -0.3 is 9.53 Å². The minimum Gasteiger partial charge on any atom is -0.362 e. The quantitative estimate of drug-likeness (QED) is 0.433. The molecule has 19 heavy (non-hydrogen) atoms. The molecule has 0 aromatic rings. The van der Waals surface area contributed by atoms with Gasteiger partial charge in [-0.25, -0.2) is 0 Å². The standard InChI is InChI=1S/C17H24O2/c1-16(2,3)19-17(9-18)8-12-7-13(17)15-11-5-4-10(6-11)14(12)15/h4-5,9-15H,6-8H2,1-3H3. The van der Waals surface area contributed by atoms with Gasteiger partial charge in [-0.15, -0.1) is 0 Å². The van der Waals surface area contributed by atoms with E-state index >= 15 is 0 Å². The molecule has 4 bridgehead atoms. The molecule has 0 spiro atoms. The van der Waals surface area contributed by atoms with Gasteiger partial charge in [0.2, 0.25) is 0 Å². The Kier molecular flexibility index (Phi) is 2.25. The number of aldehydes is 1. The number of rotatable bonds is 2. The van der Waals surface area contributed by atoms with Crippen molar-refractivity contribution in [3.63, 3.8) is 0 Å². The molecule has 2 nitrogen and oxygen atoms in total. The molecule has 0 heterocycles. The van der Waals surface area contributed by atoms with Crippen LogP contribution in [0, 0.1) is 35.5 Å². The zero-order chi connectivity index (χ0) is 13.4. The molecule has 0 aromatic carbocycles. The summed E-state index contributed by atoms with van der Waals surface area (Å²) >= 11 is 0. The molecule has 2 heteroatoms. The molecular formula is C17H24O2. The molecule has 0 N–H and O–H groups in total. The van der Waals surface area contributed by atoms with Gasteiger partial charge in [-0.05, 0) is 75.5 Å². The van der Waals surface area contributed by atoms with Crippen molar-refractivity contribution in [3.8, 4) is 0 Å². The lowest BCUT2D eigenvalue weighted by atomic mass is 9.67. The lowest BCUT2D eigenvalue weighted by Crippen LogP contribution is -2.50. The lowest BCUT2D eigenvalue weighted by molar-refractivity contribution is -0.176. The first-order valence-corrected chi connectivity index (χ1v) is 7.78. The number of hydrogen-bond acceptors (Lipinski definition) is 2. The first kappa shape index (κ1) is 12.1. The van der Waals surface area contributed by atoms with Crippen LogP contribution < -0.4 is 0 Å². The van der Waals surface area contributed by atoms with E-state index in [0.29, 0.717) is 5.92 Å². The van der Waals surface area contributed by atoms with Gasteiger partial charge in [0.25, 0.3) is 0 Å². The summed E-state index contributed by atoms with van der Waals surface area (Å²) in [4.78, 5) is 11.8. The zero-order valence-electron chi connectivity index (χ0n) is 12.1. The highest BCUT2D eigenvalue weighted by molar-refractivity contribution is 5.65. The van der Waals surface area contributed by atoms with E-state index in [1.165, 1.54) is 12.8 Å². The normalized spacial score (nSPS) is 53.8. The predicted octanol–water partition coefficient (Wildman–Crippen LogP) is 3.22. The van der Waals surface area contributed by atoms with Crippen LogP contribution in [-0.4, -0.2) is 17.5 Å². The highest BCUT2D eigenvalue weighted by Crippen LogP contribution is 2.68. The van der Waals surface area contributed by atoms with E-state index in [2.05, 4.69) is 32.9 Å². The maximum Gasteiger partial charge on any atom is 0.152 e. The van der Waals surface area contributed by atoms with Gasteiger partial charge in [0.05, 0.1) is 5.60 Å². The van der Waals surface area contributed by atoms with E-state index in [0.717, 1.165) is 42.3 Å². The van der Waals surface area contributed by atoms with Crippen LogP contribution in [0.2, 0.25) is 0 Å². The average molecular weight is 260 g/mol. The van der Waals surface area contributed by atoms with Gasteiger partial charge in [-0.1, -0.05) is 12.2 Å². The van der Waals surface area contributed by atoms with Crippen molar-refractivity contribution >= 4 is 6.29 Å². The number of carbonyl (C=O) groups excluding carboxylic acids is 1. The van der Waals surface area contributed by atoms with Crippen molar-refractivity contribution in [2.24, 2.45) is 35.5 Å². The molecule has 0 aliphatic heterocycles. The molecule has 0 saturated heterocycles. The maximum absolute atomic E-state index is 11.8. The summed E-state index contributed by atoms with van der Waals surface area (Å²) in [7, 11) is 0. The number of fused-ring (bicyclic) bond motifs is 9. The van der Waals surface area contributed by atoms with Gasteiger partial charge in [0.1, 0.15) is 5.60 Å². The molecule has 0 amide bonds. The van der Waals surface area contributed by atoms with E-state index in [4.69, 9.17) is 4.74 Å². The Labute approximate surface area is 115 Å². The number of carbonyl (C=O) groups is 1. The van der Waals surface area contributed by atoms with Gasteiger partial charge in [0, 0.05) is 0 Å². The number of allylic oxidation sites excluding steroid dienone is 2. The van der Waals surface area contributed by atoms with Gasteiger partial charge in [0.15, 0.2) is 6.29 Å². The Morgan fingerprint density at radius 3 is 2.47 bits per heavy atom. The number of hydrogen-bond donors (Lipinski definition) is 0. The fourth-order valence-electron chi connectivity index (χ4n) is 5.92. The minimum atomic E-state index is -0.484. The summed E-state index contributed by atoms with van der Waals surface area (Å²) < 4.78 is 6.29. The summed E-state index contributed by atoms with van der Waals surface area (Å²) in [6.07, 6.45) is 9.54. The van der Waals surface area contributed by atoms with E-state index in [1.807, 2.05) is 0 Å². The van der Waals surface area contributed by atoms with Crippen LogP contribution in [-0.2, 0) is 9.53 Å². The van der Waals surface area contributed by atoms with Crippen molar-refractivity contribution in [2.45, 2.75) is 51.2 Å². The monoisotopic (exact) mass is 260 g/mol. The summed E-state index contributed by atoms with van der Waals surface area (Å²) in [6, 6.07) is 0. The van der Waals surface area contributed by atoms with E-state index in [1.54, 1.807) is 0 Å². The van der Waals surface area contributed by atoms with E-state index in [-0.39, 0.29) is 5.60 Å². The molecule has 0 radical (unpaired) electrons. The van der Waals surface area contributed by atoms with Crippen LogP contribution in [0.5, 0.6) is 0 Å². The van der Waals surface area contributed by atoms with Crippen molar-refractivity contribution in [1.82, 2.24) is 0 Å². The summed E-state index contributed by atoms with van der Waals surface area (Å²) in [5.41, 5.74) is -0.712. The van der Waals surface area contributed by atoms with Gasteiger partial charge in [-0.2, -0.15) is 0 Å². The van der Waals surface area contributed by atoms with E-state index in [9.17, 15) is 4.79 Å². The van der Waals surface area contributed by atoms with Crippen LogP contribution in [0.3, 0.4) is 0 Å². The third-order valence-corrected chi connectivity index (χ3v) is 6.05. The second-order valence-corrected chi connectivity index (χ2v) is 8.20. The summed E-state index contributed by atoms with van der Waals surface area (Å²) in [5, 5.41) is 0. The molecule has 4 aliphatic rings. The third-order valence-electron chi connectivity index (χ3n) is 6.05. The van der Waals surface area contributed by atoms with Gasteiger partial charge in [-0.3, -0.25) is 0 Å². The fraction of sp³-hybridized carbons (Fsp3) is 0.824. The van der Waals surface area contributed by atoms with Crippen molar-refractivity contribution in [2.75, 3.05) is 0 Å². The maximum atomic E-state index is 11.8. The second-order valence-electron chi connectivity index (χ2n) is 8.20. The topological polar surface area (TPSA) is 26.3 Å². The predicted molar refractivity (Wildman–Crippen MR) is 73.6 cm³/mol. The molecule has 104 valence electrons. The molecular weight excluding hydrogens is 236 g/mol. The largest absolute Gasteiger partial charge is 0.362 e. The number of ether oxygens (including phenoxy) is 1. The Morgan fingerprint density at radius 2 is 1.84 bits per heavy atom. The van der Waals surface area contributed by atoms with Crippen LogP contribution >= 0.6 is 0 Å². The van der Waals surface area contributed by atoms with Crippen molar-refractivity contribution in [3.05, 3.63) is 12.2 Å². The molecule has 0 aromatic heterocycles. The Hall–Kier alpha value is -0.630. The minimum absolute atomic E-state index is 0.228. The highest BCUT2D eigenvalue weighted by atomic mass is 16.5. The highest BCUT2D eigenvalue weighted by Gasteiger charge is 2.67. The second kappa shape index (κ2) is 3.52. The SMILES string of the molecule is CC(C)(C)OC1(C=O)CC2CC1C1C3C=CC(C3)C21. The van der Waals surface area contributed by atoms with Crippen LogP contribution in [0.1, 0.15) is 40.0 Å². The van der Waals surface area contributed by atoms with E-state index < -0.39 is 5.60 Å². The first-order valence-electron chi connectivity index (χ1n) is 7.78. The van der Waals surface area contributed by atoms with Crippen LogP contribution in [0.25, 0.3) is 0 Å². The molecule has 7 unspecified atom stereocenters. The fourth-order valence-corrected chi connectivity index (χ4v) is 5.92. The molecule has 3 saturated carbocycles. The smallest absolute Gasteiger partial charge is 0.152 e. The van der Waals surface area contributed by atoms with Crippen LogP contribution in [0.15, 0.2) is 12.2 Å². The first-order chi connectivity index (χ1) is 8.93. The average Bonchev–Trinajstić information content (AvgIpc) is 3.03. The molecule has 3 fully saturated rings. The van der Waals surface area contributed by atoms with Crippen LogP contribution in [0.4, 0.5) is 0 Å². The Balaban J connectivity index is 1.68. The zero-order valence-corrected chi connectivity index (χ0v) is 12.1. The third kappa shape index (κ3) is 1.50. The Morgan fingerprint density at radius 1 is 1.16 bits per heavy atom. The molecule has 4 aliphatic carbocycles. The lowest BCUT2D eigenvalue weighted by Gasteiger charge is -2.45.